The fourth-order valence-corrected chi connectivity index (χ4v) is 4.52. The van der Waals surface area contributed by atoms with E-state index in [-0.39, 0.29) is 23.5 Å². The van der Waals surface area contributed by atoms with Gasteiger partial charge in [-0.05, 0) is 61.5 Å². The van der Waals surface area contributed by atoms with Gasteiger partial charge in [0.25, 0.3) is 0 Å². The smallest absolute Gasteiger partial charge is 0.237 e. The van der Waals surface area contributed by atoms with E-state index in [1.807, 2.05) is 11.0 Å². The molecule has 0 radical (unpaired) electrons. The van der Waals surface area contributed by atoms with Crippen molar-refractivity contribution in [2.75, 3.05) is 32.7 Å². The van der Waals surface area contributed by atoms with E-state index >= 15 is 0 Å². The number of piperidine rings is 1. The molecular weight excluding hydrogens is 393 g/mol. The van der Waals surface area contributed by atoms with Crippen molar-refractivity contribution < 1.29 is 14.0 Å². The van der Waals surface area contributed by atoms with Crippen molar-refractivity contribution in [3.8, 4) is 0 Å². The van der Waals surface area contributed by atoms with Gasteiger partial charge in [0.05, 0.1) is 6.54 Å². The van der Waals surface area contributed by atoms with E-state index in [9.17, 15) is 14.0 Å². The SMILES string of the molecule is O=C(NCCc1ccccc1F)C1CCN(CC(=O)N2CCc3ccccc3C2)CC1. The van der Waals surface area contributed by atoms with E-state index in [0.29, 0.717) is 31.6 Å². The summed E-state index contributed by atoms with van der Waals surface area (Å²) in [7, 11) is 0. The standard InChI is InChI=1S/C25H30FN3O2/c26-23-8-4-3-6-20(23)9-13-27-25(31)21-10-14-28(15-11-21)18-24(30)29-16-12-19-5-1-2-7-22(19)17-29/h1-8,21H,9-18H2,(H,27,31). The minimum atomic E-state index is -0.230. The molecule has 4 rings (SSSR count). The molecule has 5 nitrogen and oxygen atoms in total. The van der Waals surface area contributed by atoms with Gasteiger partial charge in [-0.2, -0.15) is 0 Å². The third-order valence-corrected chi connectivity index (χ3v) is 6.45. The molecule has 0 aliphatic carbocycles. The number of carbonyl (C=O) groups is 2. The lowest BCUT2D eigenvalue weighted by molar-refractivity contribution is -0.134. The second-order valence-electron chi connectivity index (χ2n) is 8.52. The predicted octanol–water partition coefficient (Wildman–Crippen LogP) is 2.78. The van der Waals surface area contributed by atoms with Gasteiger partial charge in [0, 0.05) is 25.6 Å². The molecule has 0 bridgehead atoms. The largest absolute Gasteiger partial charge is 0.356 e. The van der Waals surface area contributed by atoms with Gasteiger partial charge in [0.1, 0.15) is 5.82 Å². The van der Waals surface area contributed by atoms with Gasteiger partial charge in [-0.3, -0.25) is 14.5 Å². The highest BCUT2D eigenvalue weighted by molar-refractivity contribution is 5.79. The summed E-state index contributed by atoms with van der Waals surface area (Å²) < 4.78 is 13.7. The summed E-state index contributed by atoms with van der Waals surface area (Å²) in [6, 6.07) is 15.0. The van der Waals surface area contributed by atoms with Gasteiger partial charge < -0.3 is 10.2 Å². The number of rotatable bonds is 6. The number of halogens is 1. The molecule has 0 atom stereocenters. The van der Waals surface area contributed by atoms with Crippen LogP contribution in [-0.2, 0) is 29.0 Å². The highest BCUT2D eigenvalue weighted by Crippen LogP contribution is 2.20. The van der Waals surface area contributed by atoms with Gasteiger partial charge >= 0.3 is 0 Å². The molecule has 2 aromatic rings. The Balaban J connectivity index is 1.18. The molecule has 1 N–H and O–H groups in total. The molecule has 2 aliphatic rings. The molecule has 164 valence electrons. The number of nitrogens with one attached hydrogen (secondary N) is 1. The first-order valence-electron chi connectivity index (χ1n) is 11.2. The molecule has 0 spiro atoms. The topological polar surface area (TPSA) is 52.7 Å². The van der Waals surface area contributed by atoms with Crippen molar-refractivity contribution in [2.24, 2.45) is 5.92 Å². The summed E-state index contributed by atoms with van der Waals surface area (Å²) in [6.45, 7) is 3.83. The quantitative estimate of drug-likeness (QED) is 0.778. The van der Waals surface area contributed by atoms with Gasteiger partial charge in [0.15, 0.2) is 0 Å². The number of carbonyl (C=O) groups excluding carboxylic acids is 2. The van der Waals surface area contributed by atoms with Crippen molar-refractivity contribution in [2.45, 2.75) is 32.2 Å². The molecule has 1 saturated heterocycles. The van der Waals surface area contributed by atoms with Crippen LogP contribution >= 0.6 is 0 Å². The van der Waals surface area contributed by atoms with Crippen LogP contribution in [0.3, 0.4) is 0 Å². The van der Waals surface area contributed by atoms with Crippen LogP contribution in [0.2, 0.25) is 0 Å². The van der Waals surface area contributed by atoms with Crippen molar-refractivity contribution in [1.29, 1.82) is 0 Å². The minimum absolute atomic E-state index is 0.0335. The van der Waals surface area contributed by atoms with E-state index < -0.39 is 0 Å². The average molecular weight is 424 g/mol. The van der Waals surface area contributed by atoms with Crippen molar-refractivity contribution in [3.63, 3.8) is 0 Å². The Labute approximate surface area is 183 Å². The molecule has 0 unspecified atom stereocenters. The fourth-order valence-electron chi connectivity index (χ4n) is 4.52. The first kappa shape index (κ1) is 21.5. The van der Waals surface area contributed by atoms with E-state index in [1.165, 1.54) is 17.2 Å². The first-order chi connectivity index (χ1) is 15.1. The van der Waals surface area contributed by atoms with Crippen LogP contribution < -0.4 is 5.32 Å². The van der Waals surface area contributed by atoms with Crippen molar-refractivity contribution in [1.82, 2.24) is 15.1 Å². The zero-order valence-corrected chi connectivity index (χ0v) is 17.9. The summed E-state index contributed by atoms with van der Waals surface area (Å²) in [5.41, 5.74) is 3.21. The zero-order valence-electron chi connectivity index (χ0n) is 17.9. The number of nitrogens with zero attached hydrogens (tertiary/aromatic N) is 2. The Hall–Kier alpha value is -2.73. The van der Waals surface area contributed by atoms with Crippen LogP contribution in [0.25, 0.3) is 0 Å². The number of amides is 2. The molecule has 2 aliphatic heterocycles. The van der Waals surface area contributed by atoms with E-state index in [2.05, 4.69) is 28.4 Å². The van der Waals surface area contributed by atoms with E-state index in [4.69, 9.17) is 0 Å². The fraction of sp³-hybridized carbons (Fsp3) is 0.440. The lowest BCUT2D eigenvalue weighted by Crippen LogP contribution is -2.46. The maximum absolute atomic E-state index is 13.7. The molecule has 0 aromatic heterocycles. The van der Waals surface area contributed by atoms with Crippen LogP contribution in [0.5, 0.6) is 0 Å². The Bertz CT molecular complexity index is 924. The number of hydrogen-bond donors (Lipinski definition) is 1. The van der Waals surface area contributed by atoms with Crippen LogP contribution in [0.15, 0.2) is 48.5 Å². The van der Waals surface area contributed by atoms with Crippen LogP contribution in [0.4, 0.5) is 4.39 Å². The molecule has 6 heteroatoms. The normalized spacial score (nSPS) is 17.3. The van der Waals surface area contributed by atoms with Crippen molar-refractivity contribution >= 4 is 11.8 Å². The maximum atomic E-state index is 13.7. The lowest BCUT2D eigenvalue weighted by Gasteiger charge is -2.34. The third kappa shape index (κ3) is 5.50. The number of benzene rings is 2. The molecule has 2 amide bonds. The summed E-state index contributed by atoms with van der Waals surface area (Å²) in [5, 5.41) is 2.95. The summed E-state index contributed by atoms with van der Waals surface area (Å²) in [4.78, 5) is 29.3. The van der Waals surface area contributed by atoms with Gasteiger partial charge in [-0.15, -0.1) is 0 Å². The van der Waals surface area contributed by atoms with Gasteiger partial charge in [-0.25, -0.2) is 4.39 Å². The monoisotopic (exact) mass is 423 g/mol. The molecule has 2 aromatic carbocycles. The molecule has 0 saturated carbocycles. The van der Waals surface area contributed by atoms with Gasteiger partial charge in [-0.1, -0.05) is 42.5 Å². The lowest BCUT2D eigenvalue weighted by atomic mass is 9.95. The molecular formula is C25H30FN3O2. The highest BCUT2D eigenvalue weighted by Gasteiger charge is 2.27. The second-order valence-corrected chi connectivity index (χ2v) is 8.52. The van der Waals surface area contributed by atoms with E-state index in [1.54, 1.807) is 18.2 Å². The minimum Gasteiger partial charge on any atom is -0.356 e. The average Bonchev–Trinajstić information content (AvgIpc) is 2.80. The van der Waals surface area contributed by atoms with Crippen LogP contribution in [0.1, 0.15) is 29.5 Å². The molecule has 31 heavy (non-hydrogen) atoms. The molecule has 2 heterocycles. The van der Waals surface area contributed by atoms with Gasteiger partial charge in [0.2, 0.25) is 11.8 Å². The summed E-state index contributed by atoms with van der Waals surface area (Å²) in [5.74, 6) is -0.0574. The number of fused-ring (bicyclic) bond motifs is 1. The summed E-state index contributed by atoms with van der Waals surface area (Å²) in [6.07, 6.45) is 2.91. The second kappa shape index (κ2) is 10.1. The highest BCUT2D eigenvalue weighted by atomic mass is 19.1. The Kier molecular flexibility index (Phi) is 6.97. The Morgan fingerprint density at radius 1 is 0.968 bits per heavy atom. The number of likely N-dealkylation sites (tertiary alicyclic amines) is 1. The zero-order chi connectivity index (χ0) is 21.6. The Morgan fingerprint density at radius 2 is 1.68 bits per heavy atom. The van der Waals surface area contributed by atoms with Crippen molar-refractivity contribution in [3.05, 3.63) is 71.0 Å². The summed E-state index contributed by atoms with van der Waals surface area (Å²) >= 11 is 0. The third-order valence-electron chi connectivity index (χ3n) is 6.45. The number of hydrogen-bond acceptors (Lipinski definition) is 3. The molecule has 1 fully saturated rings. The van der Waals surface area contributed by atoms with Crippen LogP contribution in [-0.4, -0.2) is 54.3 Å². The maximum Gasteiger partial charge on any atom is 0.237 e. The first-order valence-corrected chi connectivity index (χ1v) is 11.2. The van der Waals surface area contributed by atoms with Crippen LogP contribution in [0, 0.1) is 11.7 Å². The Morgan fingerprint density at radius 3 is 2.45 bits per heavy atom. The van der Waals surface area contributed by atoms with E-state index in [0.717, 1.165) is 38.9 Å². The predicted molar refractivity (Wildman–Crippen MR) is 118 cm³/mol.